The molecule has 3 aromatic carbocycles. The van der Waals surface area contributed by atoms with Gasteiger partial charge in [0.15, 0.2) is 17.3 Å². The van der Waals surface area contributed by atoms with E-state index in [0.717, 1.165) is 0 Å². The van der Waals surface area contributed by atoms with E-state index in [-0.39, 0.29) is 11.9 Å². The number of carbonyl (C=O) groups is 3. The zero-order chi connectivity index (χ0) is 23.1. The average Bonchev–Trinajstić information content (AvgIpc) is 2.82. The van der Waals surface area contributed by atoms with Gasteiger partial charge in [-0.3, -0.25) is 25.2 Å². The van der Waals surface area contributed by atoms with Crippen LogP contribution in [0.5, 0.6) is 11.5 Å². The number of methoxy groups -OCH3 is 1. The molecule has 32 heavy (non-hydrogen) atoms. The van der Waals surface area contributed by atoms with Gasteiger partial charge < -0.3 is 9.47 Å². The predicted octanol–water partition coefficient (Wildman–Crippen LogP) is 3.79. The molecule has 7 heteroatoms. The Kier molecular flexibility index (Phi) is 7.23. The molecule has 0 aromatic heterocycles. The van der Waals surface area contributed by atoms with Crippen LogP contribution in [-0.4, -0.2) is 30.8 Å². The molecule has 0 aliphatic rings. The first kappa shape index (κ1) is 22.6. The standard InChI is InChI=1S/C25H24N2O5/c1-16(2)32-21-14-13-20(15-22(21)31-3)25(30)27-26-24(29)19-11-9-18(10-12-19)23(28)17-7-5-4-6-8-17/h4-16H,1-3H3,(H,26,29)(H,27,30). The van der Waals surface area contributed by atoms with Crippen molar-refractivity contribution in [3.63, 3.8) is 0 Å². The Balaban J connectivity index is 1.61. The van der Waals surface area contributed by atoms with E-state index in [9.17, 15) is 14.4 Å². The van der Waals surface area contributed by atoms with Crippen molar-refractivity contribution in [3.05, 3.63) is 95.1 Å². The summed E-state index contributed by atoms with van der Waals surface area (Å²) in [5.41, 5.74) is 6.36. The molecule has 0 unspecified atom stereocenters. The van der Waals surface area contributed by atoms with E-state index in [0.29, 0.717) is 33.8 Å². The van der Waals surface area contributed by atoms with Gasteiger partial charge in [-0.15, -0.1) is 0 Å². The minimum Gasteiger partial charge on any atom is -0.493 e. The van der Waals surface area contributed by atoms with Crippen LogP contribution in [0.3, 0.4) is 0 Å². The quantitative estimate of drug-likeness (QED) is 0.438. The summed E-state index contributed by atoms with van der Waals surface area (Å²) in [5, 5.41) is 0. The lowest BCUT2D eigenvalue weighted by molar-refractivity contribution is 0.0846. The third kappa shape index (κ3) is 5.51. The summed E-state index contributed by atoms with van der Waals surface area (Å²) in [7, 11) is 1.48. The number of carbonyl (C=O) groups excluding carboxylic acids is 3. The molecule has 0 aliphatic heterocycles. The van der Waals surface area contributed by atoms with Gasteiger partial charge in [-0.2, -0.15) is 0 Å². The molecule has 0 spiro atoms. The lowest BCUT2D eigenvalue weighted by Crippen LogP contribution is -2.41. The number of amides is 2. The van der Waals surface area contributed by atoms with Gasteiger partial charge in [0.05, 0.1) is 13.2 Å². The largest absolute Gasteiger partial charge is 0.493 e. The maximum Gasteiger partial charge on any atom is 0.269 e. The molecule has 0 aliphatic carbocycles. The van der Waals surface area contributed by atoms with Crippen molar-refractivity contribution in [2.75, 3.05) is 7.11 Å². The number of hydrazine groups is 1. The number of hydrogen-bond acceptors (Lipinski definition) is 5. The van der Waals surface area contributed by atoms with Gasteiger partial charge in [-0.1, -0.05) is 42.5 Å². The van der Waals surface area contributed by atoms with Gasteiger partial charge in [0, 0.05) is 22.3 Å². The second-order valence-corrected chi connectivity index (χ2v) is 7.21. The van der Waals surface area contributed by atoms with Crippen LogP contribution >= 0.6 is 0 Å². The first-order chi connectivity index (χ1) is 15.4. The molecule has 0 fully saturated rings. The van der Waals surface area contributed by atoms with Crippen molar-refractivity contribution < 1.29 is 23.9 Å². The van der Waals surface area contributed by atoms with E-state index in [4.69, 9.17) is 9.47 Å². The average molecular weight is 432 g/mol. The minimum atomic E-state index is -0.511. The summed E-state index contributed by atoms with van der Waals surface area (Å²) in [6, 6.07) is 19.8. The van der Waals surface area contributed by atoms with Crippen LogP contribution in [0.4, 0.5) is 0 Å². The van der Waals surface area contributed by atoms with E-state index in [2.05, 4.69) is 10.9 Å². The van der Waals surface area contributed by atoms with E-state index in [1.165, 1.54) is 25.3 Å². The van der Waals surface area contributed by atoms with Crippen LogP contribution in [0.2, 0.25) is 0 Å². The number of rotatable bonds is 7. The Labute approximate surface area is 186 Å². The highest BCUT2D eigenvalue weighted by Gasteiger charge is 2.14. The van der Waals surface area contributed by atoms with Gasteiger partial charge in [0.2, 0.25) is 0 Å². The fourth-order valence-corrected chi connectivity index (χ4v) is 2.95. The monoisotopic (exact) mass is 432 g/mol. The Morgan fingerprint density at radius 3 is 1.81 bits per heavy atom. The van der Waals surface area contributed by atoms with Crippen molar-refractivity contribution in [2.45, 2.75) is 20.0 Å². The van der Waals surface area contributed by atoms with E-state index in [1.807, 2.05) is 19.9 Å². The van der Waals surface area contributed by atoms with E-state index >= 15 is 0 Å². The lowest BCUT2D eigenvalue weighted by atomic mass is 10.0. The molecule has 7 nitrogen and oxygen atoms in total. The molecule has 3 rings (SSSR count). The molecule has 0 bridgehead atoms. The zero-order valence-electron chi connectivity index (χ0n) is 18.0. The first-order valence-corrected chi connectivity index (χ1v) is 10.0. The molecular weight excluding hydrogens is 408 g/mol. The molecule has 0 saturated carbocycles. The second kappa shape index (κ2) is 10.3. The highest BCUT2D eigenvalue weighted by atomic mass is 16.5. The number of ether oxygens (including phenoxy) is 2. The summed E-state index contributed by atoms with van der Waals surface area (Å²) >= 11 is 0. The fourth-order valence-electron chi connectivity index (χ4n) is 2.95. The topological polar surface area (TPSA) is 93.7 Å². The third-order valence-corrected chi connectivity index (χ3v) is 4.52. The van der Waals surface area contributed by atoms with Crippen molar-refractivity contribution >= 4 is 17.6 Å². The second-order valence-electron chi connectivity index (χ2n) is 7.21. The highest BCUT2D eigenvalue weighted by molar-refractivity contribution is 6.09. The minimum absolute atomic E-state index is 0.0442. The lowest BCUT2D eigenvalue weighted by Gasteiger charge is -2.14. The first-order valence-electron chi connectivity index (χ1n) is 10.0. The molecule has 2 N–H and O–H groups in total. The Hall–Kier alpha value is -4.13. The molecule has 0 saturated heterocycles. The molecule has 164 valence electrons. The maximum atomic E-state index is 12.5. The van der Waals surface area contributed by atoms with Crippen LogP contribution in [0.25, 0.3) is 0 Å². The summed E-state index contributed by atoms with van der Waals surface area (Å²) in [5.74, 6) is -0.221. The molecule has 0 radical (unpaired) electrons. The van der Waals surface area contributed by atoms with E-state index in [1.54, 1.807) is 48.5 Å². The number of nitrogens with one attached hydrogen (secondary N) is 2. The number of hydrogen-bond donors (Lipinski definition) is 2. The summed E-state index contributed by atoms with van der Waals surface area (Å²) in [4.78, 5) is 37.2. The normalized spacial score (nSPS) is 10.4. The molecule has 0 heterocycles. The van der Waals surface area contributed by atoms with Crippen LogP contribution in [0.15, 0.2) is 72.8 Å². The Bertz CT molecular complexity index is 1110. The van der Waals surface area contributed by atoms with Gasteiger partial charge in [-0.05, 0) is 44.2 Å². The van der Waals surface area contributed by atoms with Gasteiger partial charge in [0.1, 0.15) is 0 Å². The van der Waals surface area contributed by atoms with Crippen molar-refractivity contribution in [1.82, 2.24) is 10.9 Å². The summed E-state index contributed by atoms with van der Waals surface area (Å²) < 4.78 is 10.9. The van der Waals surface area contributed by atoms with Crippen molar-refractivity contribution in [3.8, 4) is 11.5 Å². The summed E-state index contributed by atoms with van der Waals surface area (Å²) in [6.07, 6.45) is -0.0442. The fraction of sp³-hybridized carbons (Fsp3) is 0.160. The predicted molar refractivity (Wildman–Crippen MR) is 120 cm³/mol. The number of ketones is 1. The Morgan fingerprint density at radius 2 is 1.22 bits per heavy atom. The molecule has 3 aromatic rings. The van der Waals surface area contributed by atoms with Gasteiger partial charge >= 0.3 is 0 Å². The van der Waals surface area contributed by atoms with Gasteiger partial charge in [-0.25, -0.2) is 0 Å². The van der Waals surface area contributed by atoms with Crippen LogP contribution in [0, 0.1) is 0 Å². The van der Waals surface area contributed by atoms with E-state index < -0.39 is 11.8 Å². The molecular formula is C25H24N2O5. The van der Waals surface area contributed by atoms with Crippen molar-refractivity contribution in [1.29, 1.82) is 0 Å². The third-order valence-electron chi connectivity index (χ3n) is 4.52. The highest BCUT2D eigenvalue weighted by Crippen LogP contribution is 2.28. The maximum absolute atomic E-state index is 12.5. The van der Waals surface area contributed by atoms with Crippen molar-refractivity contribution in [2.24, 2.45) is 0 Å². The number of benzene rings is 3. The zero-order valence-corrected chi connectivity index (χ0v) is 18.0. The molecule has 2 amide bonds. The van der Waals surface area contributed by atoms with Crippen LogP contribution in [-0.2, 0) is 0 Å². The Morgan fingerprint density at radius 1 is 0.688 bits per heavy atom. The SMILES string of the molecule is COc1cc(C(=O)NNC(=O)c2ccc(C(=O)c3ccccc3)cc2)ccc1OC(C)C. The molecule has 0 atom stereocenters. The van der Waals surface area contributed by atoms with Crippen LogP contribution in [0.1, 0.15) is 50.5 Å². The van der Waals surface area contributed by atoms with Gasteiger partial charge in [0.25, 0.3) is 11.8 Å². The van der Waals surface area contributed by atoms with Crippen LogP contribution < -0.4 is 20.3 Å². The summed E-state index contributed by atoms with van der Waals surface area (Å²) in [6.45, 7) is 3.78. The smallest absolute Gasteiger partial charge is 0.269 e.